The number of ether oxygens (including phenoxy) is 1. The smallest absolute Gasteiger partial charge is 0.0793 e. The molecule has 15 heavy (non-hydrogen) atoms. The van der Waals surface area contributed by atoms with Gasteiger partial charge in [-0.1, -0.05) is 18.2 Å². The van der Waals surface area contributed by atoms with E-state index in [0.717, 1.165) is 25.4 Å². The van der Waals surface area contributed by atoms with Gasteiger partial charge in [0.1, 0.15) is 0 Å². The number of hydrogen-bond acceptors (Lipinski definition) is 3. The van der Waals surface area contributed by atoms with Gasteiger partial charge in [-0.25, -0.2) is 0 Å². The van der Waals surface area contributed by atoms with Gasteiger partial charge in [-0.2, -0.15) is 0 Å². The fourth-order valence-electron chi connectivity index (χ4n) is 1.63. The number of thioether (sulfide) groups is 1. The molecule has 1 aromatic rings. The molecule has 1 atom stereocenters. The van der Waals surface area contributed by atoms with Crippen LogP contribution in [-0.4, -0.2) is 31.6 Å². The van der Waals surface area contributed by atoms with Gasteiger partial charge in [-0.05, 0) is 18.6 Å². The van der Waals surface area contributed by atoms with Gasteiger partial charge >= 0.3 is 0 Å². The molecule has 0 radical (unpaired) electrons. The molecule has 0 spiro atoms. The number of rotatable bonds is 3. The normalized spacial score (nSPS) is 21.5. The van der Waals surface area contributed by atoms with Gasteiger partial charge in [0.2, 0.25) is 0 Å². The zero-order valence-electron chi connectivity index (χ0n) is 9.03. The average molecular weight is 223 g/mol. The summed E-state index contributed by atoms with van der Waals surface area (Å²) in [4.78, 5) is 1.37. The van der Waals surface area contributed by atoms with Crippen LogP contribution in [0.2, 0.25) is 0 Å². The Morgan fingerprint density at radius 2 is 2.33 bits per heavy atom. The minimum atomic E-state index is 0.364. The van der Waals surface area contributed by atoms with E-state index in [4.69, 9.17) is 4.74 Å². The van der Waals surface area contributed by atoms with Crippen LogP contribution in [0.25, 0.3) is 0 Å². The van der Waals surface area contributed by atoms with E-state index in [1.54, 1.807) is 0 Å². The molecule has 1 heterocycles. The van der Waals surface area contributed by atoms with Crippen LogP contribution in [0.1, 0.15) is 5.56 Å². The van der Waals surface area contributed by atoms with E-state index >= 15 is 0 Å². The zero-order valence-corrected chi connectivity index (χ0v) is 9.85. The van der Waals surface area contributed by atoms with Gasteiger partial charge in [0.05, 0.1) is 12.7 Å². The first-order chi connectivity index (χ1) is 7.36. The first-order valence-electron chi connectivity index (χ1n) is 5.37. The van der Waals surface area contributed by atoms with Crippen LogP contribution < -0.4 is 5.32 Å². The molecule has 3 heteroatoms. The molecule has 1 saturated heterocycles. The Kier molecular flexibility index (Phi) is 4.06. The third kappa shape index (κ3) is 3.23. The molecule has 1 aliphatic rings. The van der Waals surface area contributed by atoms with Gasteiger partial charge in [0.25, 0.3) is 0 Å². The van der Waals surface area contributed by atoms with E-state index in [1.165, 1.54) is 10.5 Å². The monoisotopic (exact) mass is 223 g/mol. The fraction of sp³-hybridized carbons (Fsp3) is 0.500. The summed E-state index contributed by atoms with van der Waals surface area (Å²) in [6.07, 6.45) is 0.364. The van der Waals surface area contributed by atoms with E-state index in [0.29, 0.717) is 6.10 Å². The summed E-state index contributed by atoms with van der Waals surface area (Å²) in [6.45, 7) is 4.98. The summed E-state index contributed by atoms with van der Waals surface area (Å²) in [5, 5.41) is 3.35. The third-order valence-corrected chi connectivity index (χ3v) is 3.83. The molecule has 1 fully saturated rings. The SMILES string of the molecule is Cc1ccccc1SCC1CNCCO1. The summed E-state index contributed by atoms with van der Waals surface area (Å²) in [7, 11) is 0. The summed E-state index contributed by atoms with van der Waals surface area (Å²) in [6, 6.07) is 8.51. The zero-order chi connectivity index (χ0) is 10.5. The highest BCUT2D eigenvalue weighted by Gasteiger charge is 2.13. The lowest BCUT2D eigenvalue weighted by atomic mass is 10.2. The van der Waals surface area contributed by atoms with Crippen molar-refractivity contribution >= 4 is 11.8 Å². The number of aryl methyl sites for hydroxylation is 1. The van der Waals surface area contributed by atoms with E-state index < -0.39 is 0 Å². The van der Waals surface area contributed by atoms with Gasteiger partial charge in [-0.15, -0.1) is 11.8 Å². The highest BCUT2D eigenvalue weighted by molar-refractivity contribution is 7.99. The van der Waals surface area contributed by atoms with E-state index in [1.807, 2.05) is 11.8 Å². The minimum absolute atomic E-state index is 0.364. The number of hydrogen-bond donors (Lipinski definition) is 1. The highest BCUT2D eigenvalue weighted by atomic mass is 32.2. The van der Waals surface area contributed by atoms with Gasteiger partial charge < -0.3 is 10.1 Å². The van der Waals surface area contributed by atoms with Crippen LogP contribution in [0.3, 0.4) is 0 Å². The number of morpholine rings is 1. The van der Waals surface area contributed by atoms with E-state index in [9.17, 15) is 0 Å². The predicted octanol–water partition coefficient (Wildman–Crippen LogP) is 2.08. The molecule has 0 aliphatic carbocycles. The molecular formula is C12H17NOS. The quantitative estimate of drug-likeness (QED) is 0.793. The van der Waals surface area contributed by atoms with Crippen LogP contribution in [-0.2, 0) is 4.74 Å². The van der Waals surface area contributed by atoms with Crippen molar-refractivity contribution in [2.75, 3.05) is 25.4 Å². The predicted molar refractivity (Wildman–Crippen MR) is 64.5 cm³/mol. The molecule has 2 nitrogen and oxygen atoms in total. The van der Waals surface area contributed by atoms with Crippen molar-refractivity contribution < 1.29 is 4.74 Å². The molecule has 0 bridgehead atoms. The Morgan fingerprint density at radius 3 is 3.07 bits per heavy atom. The second-order valence-electron chi connectivity index (χ2n) is 3.77. The molecule has 0 saturated carbocycles. The second-order valence-corrected chi connectivity index (χ2v) is 4.84. The maximum absolute atomic E-state index is 5.66. The van der Waals surface area contributed by atoms with Gasteiger partial charge in [0.15, 0.2) is 0 Å². The van der Waals surface area contributed by atoms with Crippen molar-refractivity contribution in [2.45, 2.75) is 17.9 Å². The molecule has 82 valence electrons. The Labute approximate surface area is 95.4 Å². The molecule has 1 unspecified atom stereocenters. The van der Waals surface area contributed by atoms with Crippen LogP contribution in [0.4, 0.5) is 0 Å². The number of nitrogens with one attached hydrogen (secondary N) is 1. The maximum Gasteiger partial charge on any atom is 0.0793 e. The summed E-state index contributed by atoms with van der Waals surface area (Å²) in [5.41, 5.74) is 1.35. The Bertz CT molecular complexity index is 310. The third-order valence-electron chi connectivity index (χ3n) is 2.52. The van der Waals surface area contributed by atoms with Crippen molar-refractivity contribution in [3.63, 3.8) is 0 Å². The fourth-order valence-corrected chi connectivity index (χ4v) is 2.68. The minimum Gasteiger partial charge on any atom is -0.375 e. The van der Waals surface area contributed by atoms with Crippen LogP contribution in [0.5, 0.6) is 0 Å². The maximum atomic E-state index is 5.66. The number of benzene rings is 1. The van der Waals surface area contributed by atoms with Gasteiger partial charge in [0, 0.05) is 23.7 Å². The molecule has 1 aromatic carbocycles. The van der Waals surface area contributed by atoms with Gasteiger partial charge in [-0.3, -0.25) is 0 Å². The highest BCUT2D eigenvalue weighted by Crippen LogP contribution is 2.23. The Hall–Kier alpha value is -0.510. The van der Waals surface area contributed by atoms with Crippen LogP contribution in [0, 0.1) is 6.92 Å². The topological polar surface area (TPSA) is 21.3 Å². The summed E-state index contributed by atoms with van der Waals surface area (Å²) < 4.78 is 5.66. The molecule has 0 aromatic heterocycles. The van der Waals surface area contributed by atoms with Crippen LogP contribution >= 0.6 is 11.8 Å². The van der Waals surface area contributed by atoms with Crippen molar-refractivity contribution in [1.82, 2.24) is 5.32 Å². The Morgan fingerprint density at radius 1 is 1.47 bits per heavy atom. The lowest BCUT2D eigenvalue weighted by molar-refractivity contribution is 0.0441. The Balaban J connectivity index is 1.84. The van der Waals surface area contributed by atoms with Crippen molar-refractivity contribution in [2.24, 2.45) is 0 Å². The molecular weight excluding hydrogens is 206 g/mol. The molecule has 2 rings (SSSR count). The summed E-state index contributed by atoms with van der Waals surface area (Å²) >= 11 is 1.89. The molecule has 1 N–H and O–H groups in total. The second kappa shape index (κ2) is 5.54. The largest absolute Gasteiger partial charge is 0.375 e. The van der Waals surface area contributed by atoms with Crippen molar-refractivity contribution in [3.8, 4) is 0 Å². The summed E-state index contributed by atoms with van der Waals surface area (Å²) in [5.74, 6) is 1.04. The average Bonchev–Trinajstić information content (AvgIpc) is 2.29. The van der Waals surface area contributed by atoms with E-state index in [-0.39, 0.29) is 0 Å². The molecule has 0 amide bonds. The first-order valence-corrected chi connectivity index (χ1v) is 6.35. The van der Waals surface area contributed by atoms with Crippen molar-refractivity contribution in [3.05, 3.63) is 29.8 Å². The van der Waals surface area contributed by atoms with E-state index in [2.05, 4.69) is 36.5 Å². The lowest BCUT2D eigenvalue weighted by Crippen LogP contribution is -2.39. The molecule has 1 aliphatic heterocycles. The van der Waals surface area contributed by atoms with Crippen molar-refractivity contribution in [1.29, 1.82) is 0 Å². The lowest BCUT2D eigenvalue weighted by Gasteiger charge is -2.23. The first kappa shape index (κ1) is 11.0. The standard InChI is InChI=1S/C12H17NOS/c1-10-4-2-3-5-12(10)15-9-11-8-13-6-7-14-11/h2-5,11,13H,6-9H2,1H3. The van der Waals surface area contributed by atoms with Crippen LogP contribution in [0.15, 0.2) is 29.2 Å².